The van der Waals surface area contributed by atoms with Crippen molar-refractivity contribution in [2.75, 3.05) is 24.4 Å². The fraction of sp³-hybridized carbons (Fsp3) is 0.579. The van der Waals surface area contributed by atoms with Crippen LogP contribution in [0.15, 0.2) is 22.6 Å². The molecule has 0 aliphatic carbocycles. The second-order valence-electron chi connectivity index (χ2n) is 7.61. The van der Waals surface area contributed by atoms with Crippen LogP contribution < -0.4 is 15.2 Å². The summed E-state index contributed by atoms with van der Waals surface area (Å²) in [6.07, 6.45) is 3.52. The lowest BCUT2D eigenvalue weighted by molar-refractivity contribution is -0.134. The van der Waals surface area contributed by atoms with E-state index in [9.17, 15) is 13.2 Å². The van der Waals surface area contributed by atoms with Crippen molar-refractivity contribution in [3.05, 3.63) is 23.8 Å². The van der Waals surface area contributed by atoms with Crippen LogP contribution in [-0.2, 0) is 15.0 Å². The molecule has 1 saturated heterocycles. The van der Waals surface area contributed by atoms with Crippen LogP contribution in [-0.4, -0.2) is 44.8 Å². The van der Waals surface area contributed by atoms with E-state index in [1.165, 1.54) is 0 Å². The molecule has 1 amide bonds. The van der Waals surface area contributed by atoms with Crippen molar-refractivity contribution in [3.63, 3.8) is 0 Å². The van der Waals surface area contributed by atoms with Gasteiger partial charge in [-0.3, -0.25) is 9.52 Å². The first-order chi connectivity index (χ1) is 13.3. The summed E-state index contributed by atoms with van der Waals surface area (Å²) in [6.45, 7) is 6.11. The molecule has 1 aromatic rings. The number of piperidine rings is 1. The van der Waals surface area contributed by atoms with E-state index in [0.717, 1.165) is 25.8 Å². The molecule has 3 N–H and O–H groups in total. The number of anilines is 1. The lowest BCUT2D eigenvalue weighted by atomic mass is 9.97. The quantitative estimate of drug-likeness (QED) is 0.748. The Bertz CT molecular complexity index is 869. The van der Waals surface area contributed by atoms with Crippen molar-refractivity contribution in [2.24, 2.45) is 22.0 Å². The number of benzene rings is 1. The van der Waals surface area contributed by atoms with Gasteiger partial charge in [-0.1, -0.05) is 26.3 Å². The number of nitrogens with one attached hydrogen (secondary N) is 1. The van der Waals surface area contributed by atoms with E-state index in [1.807, 2.05) is 4.90 Å². The number of amidine groups is 1. The number of rotatable bonds is 6. The van der Waals surface area contributed by atoms with E-state index in [-0.39, 0.29) is 17.7 Å². The van der Waals surface area contributed by atoms with E-state index in [0.29, 0.717) is 42.5 Å². The van der Waals surface area contributed by atoms with Gasteiger partial charge in [0.05, 0.1) is 17.9 Å². The Morgan fingerprint density at radius 3 is 3.00 bits per heavy atom. The van der Waals surface area contributed by atoms with Crippen LogP contribution in [0.2, 0.25) is 0 Å². The zero-order chi connectivity index (χ0) is 20.3. The van der Waals surface area contributed by atoms with E-state index in [4.69, 9.17) is 10.5 Å². The minimum atomic E-state index is -3.81. The number of nitrogens with zero attached hydrogens (tertiary/aromatic N) is 2. The molecular weight excluding hydrogens is 380 g/mol. The number of amides is 1. The smallest absolute Gasteiger partial charge is 0.344 e. The number of fused-ring (bicyclic) bond motifs is 1. The van der Waals surface area contributed by atoms with E-state index in [2.05, 4.69) is 23.0 Å². The maximum atomic E-state index is 12.5. The predicted molar refractivity (Wildman–Crippen MR) is 109 cm³/mol. The lowest BCUT2D eigenvalue weighted by Crippen LogP contribution is -2.42. The SMILES string of the molecule is CCC(C)CC(=O)N1CCC[C@H](COc2cccc3c2C(N)=NS(=O)(=O)N3)C1. The molecular formula is C19H28N4O4S. The Morgan fingerprint density at radius 2 is 2.25 bits per heavy atom. The van der Waals surface area contributed by atoms with Crippen molar-refractivity contribution < 1.29 is 17.9 Å². The molecule has 2 aliphatic rings. The molecule has 1 unspecified atom stereocenters. The highest BCUT2D eigenvalue weighted by Gasteiger charge is 2.27. The number of hydrogen-bond donors (Lipinski definition) is 2. The van der Waals surface area contributed by atoms with Crippen molar-refractivity contribution in [1.29, 1.82) is 0 Å². The predicted octanol–water partition coefficient (Wildman–Crippen LogP) is 2.12. The second-order valence-corrected chi connectivity index (χ2v) is 8.95. The molecule has 8 nitrogen and oxygen atoms in total. The first-order valence-electron chi connectivity index (χ1n) is 9.71. The van der Waals surface area contributed by atoms with E-state index < -0.39 is 10.2 Å². The number of hydrogen-bond acceptors (Lipinski definition) is 5. The molecule has 0 aromatic heterocycles. The van der Waals surface area contributed by atoms with Crippen LogP contribution in [0.4, 0.5) is 5.69 Å². The number of carbonyl (C=O) groups is 1. The molecule has 28 heavy (non-hydrogen) atoms. The van der Waals surface area contributed by atoms with Crippen LogP contribution in [0.1, 0.15) is 45.1 Å². The maximum absolute atomic E-state index is 12.5. The monoisotopic (exact) mass is 408 g/mol. The summed E-state index contributed by atoms with van der Waals surface area (Å²) < 4.78 is 35.2. The number of ether oxygens (including phenoxy) is 1. The second kappa shape index (κ2) is 8.38. The van der Waals surface area contributed by atoms with Gasteiger partial charge in [0, 0.05) is 25.4 Å². The normalized spacial score (nSPS) is 21.9. The Morgan fingerprint density at radius 1 is 1.46 bits per heavy atom. The molecule has 0 bridgehead atoms. The average Bonchev–Trinajstić information content (AvgIpc) is 2.65. The van der Waals surface area contributed by atoms with Gasteiger partial charge in [0.1, 0.15) is 5.75 Å². The molecule has 9 heteroatoms. The summed E-state index contributed by atoms with van der Waals surface area (Å²) in [5, 5.41) is 0. The molecule has 0 spiro atoms. The fourth-order valence-corrected chi connectivity index (χ4v) is 4.39. The first-order valence-corrected chi connectivity index (χ1v) is 11.1. The summed E-state index contributed by atoms with van der Waals surface area (Å²) >= 11 is 0. The molecule has 154 valence electrons. The van der Waals surface area contributed by atoms with Gasteiger partial charge < -0.3 is 15.4 Å². The highest BCUT2D eigenvalue weighted by Crippen LogP contribution is 2.31. The highest BCUT2D eigenvalue weighted by atomic mass is 32.2. The van der Waals surface area contributed by atoms with Gasteiger partial charge >= 0.3 is 10.2 Å². The summed E-state index contributed by atoms with van der Waals surface area (Å²) in [7, 11) is -3.81. The van der Waals surface area contributed by atoms with Crippen LogP contribution in [0.25, 0.3) is 0 Å². The number of nitrogens with two attached hydrogens (primary N) is 1. The fourth-order valence-electron chi connectivity index (χ4n) is 3.54. The van der Waals surface area contributed by atoms with Crippen molar-refractivity contribution in [1.82, 2.24) is 4.90 Å². The van der Waals surface area contributed by atoms with Crippen LogP contribution >= 0.6 is 0 Å². The van der Waals surface area contributed by atoms with Gasteiger partial charge in [0.25, 0.3) is 0 Å². The van der Waals surface area contributed by atoms with Crippen molar-refractivity contribution in [3.8, 4) is 5.75 Å². The molecule has 2 aliphatic heterocycles. The van der Waals surface area contributed by atoms with E-state index >= 15 is 0 Å². The number of likely N-dealkylation sites (tertiary alicyclic amines) is 1. The van der Waals surface area contributed by atoms with E-state index in [1.54, 1.807) is 18.2 Å². The van der Waals surface area contributed by atoms with Crippen LogP contribution in [0.3, 0.4) is 0 Å². The summed E-state index contributed by atoms with van der Waals surface area (Å²) in [5.74, 6) is 1.24. The van der Waals surface area contributed by atoms with Gasteiger partial charge in [0.15, 0.2) is 5.84 Å². The third-order valence-electron chi connectivity index (χ3n) is 5.31. The highest BCUT2D eigenvalue weighted by molar-refractivity contribution is 7.91. The first kappa shape index (κ1) is 20.4. The summed E-state index contributed by atoms with van der Waals surface area (Å²) in [5.41, 5.74) is 6.67. The largest absolute Gasteiger partial charge is 0.492 e. The average molecular weight is 409 g/mol. The Kier molecular flexibility index (Phi) is 6.12. The molecule has 3 rings (SSSR count). The van der Waals surface area contributed by atoms with Gasteiger partial charge in [-0.05, 0) is 30.9 Å². The third kappa shape index (κ3) is 4.76. The van der Waals surface area contributed by atoms with Gasteiger partial charge in [-0.2, -0.15) is 8.42 Å². The topological polar surface area (TPSA) is 114 Å². The minimum Gasteiger partial charge on any atom is -0.492 e. The third-order valence-corrected chi connectivity index (χ3v) is 6.22. The van der Waals surface area contributed by atoms with Gasteiger partial charge in [-0.15, -0.1) is 4.40 Å². The van der Waals surface area contributed by atoms with Crippen molar-refractivity contribution in [2.45, 2.75) is 39.5 Å². The Labute approximate surface area is 166 Å². The van der Waals surface area contributed by atoms with Crippen LogP contribution in [0, 0.1) is 11.8 Å². The zero-order valence-electron chi connectivity index (χ0n) is 16.3. The number of carbonyl (C=O) groups excluding carboxylic acids is 1. The summed E-state index contributed by atoms with van der Waals surface area (Å²) in [6, 6.07) is 5.07. The molecule has 0 saturated carbocycles. The van der Waals surface area contributed by atoms with Gasteiger partial charge in [-0.25, -0.2) is 0 Å². The zero-order valence-corrected chi connectivity index (χ0v) is 17.2. The molecule has 2 heterocycles. The molecule has 1 fully saturated rings. The molecule has 2 atom stereocenters. The Hall–Kier alpha value is -2.29. The van der Waals surface area contributed by atoms with Crippen molar-refractivity contribution >= 4 is 27.6 Å². The maximum Gasteiger partial charge on any atom is 0.344 e. The van der Waals surface area contributed by atoms with Gasteiger partial charge in [0.2, 0.25) is 5.91 Å². The standard InChI is InChI=1S/C19H28N4O4S/c1-3-13(2)10-17(24)23-9-5-6-14(11-23)12-27-16-8-4-7-15-18(16)19(20)22-28(25,26)21-15/h4,7-8,13-14,21H,3,5-6,9-12H2,1-2H3,(H2,20,22)/t13?,14-/m0/s1. The molecule has 0 radical (unpaired) electrons. The Balaban J connectivity index is 1.64. The lowest BCUT2D eigenvalue weighted by Gasteiger charge is -2.33. The summed E-state index contributed by atoms with van der Waals surface area (Å²) in [4.78, 5) is 14.4. The van der Waals surface area contributed by atoms with Crippen LogP contribution in [0.5, 0.6) is 5.75 Å². The minimum absolute atomic E-state index is 0.0849. The molecule has 1 aromatic carbocycles.